The molecule has 0 unspecified atom stereocenters. The number of rotatable bonds is 9. The zero-order valence-electron chi connectivity index (χ0n) is 11.5. The molecule has 1 aromatic carbocycles. The fourth-order valence-corrected chi connectivity index (χ4v) is 10.4. The van der Waals surface area contributed by atoms with E-state index in [0.717, 1.165) is 0 Å². The zero-order valence-corrected chi connectivity index (χ0v) is 14.4. The van der Waals surface area contributed by atoms with Crippen LogP contribution in [0, 0.1) is 0 Å². The standard InChI is InChI=1S/C6H5.2C5H11.Sn/c1-2-4-6-5-3-1;2*1-3-5-4-2;/h1-5H;2*1,3-5H2,2H3;/q;;;+1. The van der Waals surface area contributed by atoms with Crippen molar-refractivity contribution in [3.8, 4) is 0 Å². The summed E-state index contributed by atoms with van der Waals surface area (Å²) >= 11 is -1.26. The van der Waals surface area contributed by atoms with Gasteiger partial charge < -0.3 is 0 Å². The normalized spacial score (nSPS) is 10.5. The van der Waals surface area contributed by atoms with E-state index in [2.05, 4.69) is 44.2 Å². The van der Waals surface area contributed by atoms with Crippen LogP contribution in [0.25, 0.3) is 0 Å². The van der Waals surface area contributed by atoms with Gasteiger partial charge in [-0.3, -0.25) is 0 Å². The number of hydrogen-bond acceptors (Lipinski definition) is 0. The Morgan fingerprint density at radius 3 is 1.76 bits per heavy atom. The minimum atomic E-state index is -1.26. The van der Waals surface area contributed by atoms with Crippen LogP contribution >= 0.6 is 0 Å². The molecule has 0 aliphatic carbocycles. The van der Waals surface area contributed by atoms with Crippen LogP contribution in [0.3, 0.4) is 0 Å². The van der Waals surface area contributed by atoms with Gasteiger partial charge in [-0.1, -0.05) is 0 Å². The van der Waals surface area contributed by atoms with Gasteiger partial charge in [-0.25, -0.2) is 0 Å². The van der Waals surface area contributed by atoms with Crippen molar-refractivity contribution < 1.29 is 0 Å². The SMILES string of the molecule is CCCC[CH2][Sn+]([CH2]CCCC)[c]1ccccc1. The van der Waals surface area contributed by atoms with Crippen molar-refractivity contribution in [3.05, 3.63) is 30.3 Å². The summed E-state index contributed by atoms with van der Waals surface area (Å²) in [7, 11) is 0. The average molecular weight is 338 g/mol. The van der Waals surface area contributed by atoms with Gasteiger partial charge in [0.1, 0.15) is 0 Å². The molecule has 94 valence electrons. The molecule has 0 amide bonds. The molecule has 0 N–H and O–H groups in total. The van der Waals surface area contributed by atoms with Gasteiger partial charge in [0, 0.05) is 0 Å². The van der Waals surface area contributed by atoms with E-state index in [1.165, 1.54) is 38.5 Å². The molecule has 1 heteroatoms. The Kier molecular flexibility index (Phi) is 8.86. The first-order chi connectivity index (χ1) is 8.38. The molecular formula is C16H27Sn+. The predicted molar refractivity (Wildman–Crippen MR) is 80.5 cm³/mol. The summed E-state index contributed by atoms with van der Waals surface area (Å²) < 4.78 is 4.90. The predicted octanol–water partition coefficient (Wildman–Crippen LogP) is 4.77. The van der Waals surface area contributed by atoms with E-state index in [1.54, 1.807) is 12.5 Å². The van der Waals surface area contributed by atoms with Crippen molar-refractivity contribution in [1.82, 2.24) is 0 Å². The van der Waals surface area contributed by atoms with Gasteiger partial charge in [-0.2, -0.15) is 0 Å². The van der Waals surface area contributed by atoms with Crippen molar-refractivity contribution >= 4 is 23.3 Å². The maximum absolute atomic E-state index is 2.40. The third-order valence-corrected chi connectivity index (χ3v) is 12.1. The fraction of sp³-hybridized carbons (Fsp3) is 0.625. The van der Waals surface area contributed by atoms with E-state index in [9.17, 15) is 0 Å². The quantitative estimate of drug-likeness (QED) is 0.450. The van der Waals surface area contributed by atoms with Crippen molar-refractivity contribution in [1.29, 1.82) is 0 Å². The van der Waals surface area contributed by atoms with Crippen LogP contribution in [-0.2, 0) is 0 Å². The zero-order chi connectivity index (χ0) is 12.3. The first-order valence-electron chi connectivity index (χ1n) is 7.28. The molecule has 0 nitrogen and oxygen atoms in total. The number of hydrogen-bond donors (Lipinski definition) is 0. The van der Waals surface area contributed by atoms with Crippen LogP contribution in [0.2, 0.25) is 8.87 Å². The summed E-state index contributed by atoms with van der Waals surface area (Å²) in [5, 5.41) is 0. The molecule has 0 saturated heterocycles. The molecule has 1 aromatic rings. The van der Waals surface area contributed by atoms with E-state index in [-0.39, 0.29) is 0 Å². The summed E-state index contributed by atoms with van der Waals surface area (Å²) in [4.78, 5) is 0. The van der Waals surface area contributed by atoms with Crippen molar-refractivity contribution in [2.24, 2.45) is 0 Å². The molecule has 0 spiro atoms. The third-order valence-electron chi connectivity index (χ3n) is 3.35. The Morgan fingerprint density at radius 1 is 0.765 bits per heavy atom. The summed E-state index contributed by atoms with van der Waals surface area (Å²) in [5.74, 6) is 0. The van der Waals surface area contributed by atoms with Crippen molar-refractivity contribution in [2.45, 2.75) is 61.2 Å². The second-order valence-corrected chi connectivity index (χ2v) is 12.8. The third kappa shape index (κ3) is 6.49. The van der Waals surface area contributed by atoms with Crippen molar-refractivity contribution in [2.75, 3.05) is 0 Å². The Hall–Kier alpha value is 0.0187. The van der Waals surface area contributed by atoms with Crippen molar-refractivity contribution in [3.63, 3.8) is 0 Å². The van der Waals surface area contributed by atoms with Gasteiger partial charge in [-0.15, -0.1) is 0 Å². The molecule has 17 heavy (non-hydrogen) atoms. The molecule has 0 heterocycles. The Bertz CT molecular complexity index is 258. The molecule has 0 fully saturated rings. The Morgan fingerprint density at radius 2 is 1.29 bits per heavy atom. The molecule has 0 atom stereocenters. The monoisotopic (exact) mass is 339 g/mol. The number of benzene rings is 1. The summed E-state index contributed by atoms with van der Waals surface area (Å²) in [5.41, 5.74) is 0. The van der Waals surface area contributed by atoms with Gasteiger partial charge >= 0.3 is 115 Å². The molecule has 0 aliphatic heterocycles. The van der Waals surface area contributed by atoms with Crippen LogP contribution in [0.5, 0.6) is 0 Å². The fourth-order valence-electron chi connectivity index (χ4n) is 2.26. The minimum absolute atomic E-state index is 1.26. The molecule has 0 saturated carbocycles. The van der Waals surface area contributed by atoms with Gasteiger partial charge in [0.05, 0.1) is 0 Å². The first kappa shape index (κ1) is 15.1. The van der Waals surface area contributed by atoms with Gasteiger partial charge in [0.15, 0.2) is 0 Å². The molecular weight excluding hydrogens is 311 g/mol. The molecule has 0 radical (unpaired) electrons. The van der Waals surface area contributed by atoms with Gasteiger partial charge in [0.2, 0.25) is 0 Å². The summed E-state index contributed by atoms with van der Waals surface area (Å²) in [6.07, 6.45) is 8.55. The van der Waals surface area contributed by atoms with Crippen LogP contribution in [0.15, 0.2) is 30.3 Å². The van der Waals surface area contributed by atoms with Gasteiger partial charge in [-0.05, 0) is 0 Å². The van der Waals surface area contributed by atoms with Crippen LogP contribution in [-0.4, -0.2) is 19.8 Å². The van der Waals surface area contributed by atoms with E-state index < -0.39 is 19.8 Å². The van der Waals surface area contributed by atoms with E-state index >= 15 is 0 Å². The maximum atomic E-state index is 2.40. The van der Waals surface area contributed by atoms with E-state index in [0.29, 0.717) is 0 Å². The second kappa shape index (κ2) is 9.99. The van der Waals surface area contributed by atoms with Crippen LogP contribution in [0.4, 0.5) is 0 Å². The Labute approximate surface area is 115 Å². The molecule has 0 aliphatic rings. The van der Waals surface area contributed by atoms with Gasteiger partial charge in [0.25, 0.3) is 0 Å². The topological polar surface area (TPSA) is 0 Å². The Balaban J connectivity index is 2.46. The van der Waals surface area contributed by atoms with Crippen LogP contribution < -0.4 is 3.58 Å². The van der Waals surface area contributed by atoms with E-state index in [1.807, 2.05) is 0 Å². The molecule has 1 rings (SSSR count). The summed E-state index contributed by atoms with van der Waals surface area (Å²) in [6, 6.07) is 11.4. The summed E-state index contributed by atoms with van der Waals surface area (Å²) in [6.45, 7) is 4.62. The molecule has 0 aromatic heterocycles. The number of unbranched alkanes of at least 4 members (excludes halogenated alkanes) is 4. The second-order valence-electron chi connectivity index (χ2n) is 4.88. The first-order valence-corrected chi connectivity index (χ1v) is 12.7. The average Bonchev–Trinajstić information content (AvgIpc) is 2.38. The van der Waals surface area contributed by atoms with Crippen LogP contribution in [0.1, 0.15) is 52.4 Å². The van der Waals surface area contributed by atoms with E-state index in [4.69, 9.17) is 0 Å². The molecule has 0 bridgehead atoms.